The average molecular weight is 390 g/mol. The molecule has 0 N–H and O–H groups in total. The van der Waals surface area contributed by atoms with Gasteiger partial charge in [-0.25, -0.2) is 0 Å². The fourth-order valence-electron chi connectivity index (χ4n) is 2.42. The summed E-state index contributed by atoms with van der Waals surface area (Å²) in [4.78, 5) is 13.7. The fourth-order valence-corrected chi connectivity index (χ4v) is 2.42. The van der Waals surface area contributed by atoms with Crippen molar-refractivity contribution in [1.82, 2.24) is 4.90 Å². The van der Waals surface area contributed by atoms with Crippen molar-refractivity contribution in [3.8, 4) is 23.3 Å². The zero-order valence-corrected chi connectivity index (χ0v) is 15.5. The van der Waals surface area contributed by atoms with E-state index in [1.165, 1.54) is 24.1 Å². The molecule has 2 aromatic carbocycles. The smallest absolute Gasteiger partial charge is 0.387 e. The van der Waals surface area contributed by atoms with Gasteiger partial charge in [0.25, 0.3) is 5.91 Å². The molecule has 28 heavy (non-hydrogen) atoms. The minimum absolute atomic E-state index is 0.0930. The van der Waals surface area contributed by atoms with E-state index in [0.717, 1.165) is 5.56 Å². The molecule has 0 aliphatic heterocycles. The molecule has 0 atom stereocenters. The van der Waals surface area contributed by atoms with E-state index in [0.29, 0.717) is 17.7 Å². The molecule has 0 aromatic heterocycles. The van der Waals surface area contributed by atoms with Gasteiger partial charge in [0.15, 0.2) is 18.1 Å². The summed E-state index contributed by atoms with van der Waals surface area (Å²) >= 11 is 0. The Labute approximate surface area is 161 Å². The maximum atomic E-state index is 12.5. The summed E-state index contributed by atoms with van der Waals surface area (Å²) in [6, 6.07) is 13.5. The van der Waals surface area contributed by atoms with Gasteiger partial charge in [0.1, 0.15) is 5.75 Å². The van der Waals surface area contributed by atoms with Crippen LogP contribution in [0.3, 0.4) is 0 Å². The lowest BCUT2D eigenvalue weighted by atomic mass is 10.2. The van der Waals surface area contributed by atoms with Crippen LogP contribution >= 0.6 is 0 Å². The van der Waals surface area contributed by atoms with Crippen LogP contribution in [-0.4, -0.2) is 38.2 Å². The fraction of sp³-hybridized carbons (Fsp3) is 0.300. The van der Waals surface area contributed by atoms with Crippen LogP contribution in [-0.2, 0) is 17.8 Å². The molecule has 0 saturated heterocycles. The summed E-state index contributed by atoms with van der Waals surface area (Å²) in [5.41, 5.74) is 1.47. The third-order valence-corrected chi connectivity index (χ3v) is 3.86. The van der Waals surface area contributed by atoms with Crippen molar-refractivity contribution >= 4 is 5.91 Å². The molecule has 2 rings (SSSR count). The number of likely N-dealkylation sites (N-methyl/N-ethyl adjacent to an activating group) is 1. The summed E-state index contributed by atoms with van der Waals surface area (Å²) in [6.45, 7) is -2.96. The molecule has 0 heterocycles. The number of nitriles is 1. The first-order valence-corrected chi connectivity index (χ1v) is 8.37. The number of hydrogen-bond donors (Lipinski definition) is 0. The number of carbonyl (C=O) groups excluding carboxylic acids is 1. The average Bonchev–Trinajstić information content (AvgIpc) is 2.67. The quantitative estimate of drug-likeness (QED) is 0.656. The second-order valence-electron chi connectivity index (χ2n) is 5.88. The Hall–Kier alpha value is -3.34. The molecule has 0 aliphatic carbocycles. The lowest BCUT2D eigenvalue weighted by molar-refractivity contribution is -0.132. The molecule has 0 aliphatic rings. The van der Waals surface area contributed by atoms with Gasteiger partial charge in [-0.15, -0.1) is 0 Å². The van der Waals surface area contributed by atoms with Gasteiger partial charge in [0.05, 0.1) is 19.6 Å². The molecule has 0 radical (unpaired) electrons. The molecule has 0 saturated carbocycles. The minimum Gasteiger partial charge on any atom is -0.493 e. The third kappa shape index (κ3) is 6.13. The highest BCUT2D eigenvalue weighted by Crippen LogP contribution is 2.29. The van der Waals surface area contributed by atoms with Gasteiger partial charge in [-0.05, 0) is 35.4 Å². The highest BCUT2D eigenvalue weighted by molar-refractivity contribution is 5.77. The normalized spacial score (nSPS) is 10.3. The topological polar surface area (TPSA) is 71.8 Å². The van der Waals surface area contributed by atoms with E-state index in [9.17, 15) is 13.6 Å². The molecule has 0 spiro atoms. The predicted molar refractivity (Wildman–Crippen MR) is 97.4 cm³/mol. The van der Waals surface area contributed by atoms with Gasteiger partial charge in [-0.2, -0.15) is 14.0 Å². The van der Waals surface area contributed by atoms with Crippen molar-refractivity contribution in [2.45, 2.75) is 19.6 Å². The maximum Gasteiger partial charge on any atom is 0.387 e. The highest BCUT2D eigenvalue weighted by Gasteiger charge is 2.14. The lowest BCUT2D eigenvalue weighted by Crippen LogP contribution is -2.31. The number of amides is 1. The van der Waals surface area contributed by atoms with E-state index in [2.05, 4.69) is 10.8 Å². The SMILES string of the molecule is COc1ccc(CN(C)C(=O)COc2ccc(CC#N)cc2)cc1OC(F)F. The maximum absolute atomic E-state index is 12.5. The van der Waals surface area contributed by atoms with Crippen LogP contribution in [0.1, 0.15) is 11.1 Å². The Morgan fingerprint density at radius 3 is 2.43 bits per heavy atom. The van der Waals surface area contributed by atoms with E-state index in [1.807, 2.05) is 0 Å². The number of nitrogens with zero attached hydrogens (tertiary/aromatic N) is 2. The number of methoxy groups -OCH3 is 1. The van der Waals surface area contributed by atoms with Crippen LogP contribution in [0.15, 0.2) is 42.5 Å². The number of hydrogen-bond acceptors (Lipinski definition) is 5. The van der Waals surface area contributed by atoms with E-state index in [-0.39, 0.29) is 30.6 Å². The summed E-state index contributed by atoms with van der Waals surface area (Å²) in [5.74, 6) is 0.319. The zero-order valence-electron chi connectivity index (χ0n) is 15.5. The number of alkyl halides is 2. The molecule has 0 fully saturated rings. The summed E-state index contributed by atoms with van der Waals surface area (Å²) < 4.78 is 39.9. The van der Waals surface area contributed by atoms with Gasteiger partial charge in [0.2, 0.25) is 0 Å². The predicted octanol–water partition coefficient (Wildman–Crippen LogP) is 3.40. The van der Waals surface area contributed by atoms with Crippen LogP contribution < -0.4 is 14.2 Å². The molecular formula is C20H20F2N2O4. The van der Waals surface area contributed by atoms with E-state index >= 15 is 0 Å². The monoisotopic (exact) mass is 390 g/mol. The van der Waals surface area contributed by atoms with E-state index < -0.39 is 6.61 Å². The summed E-state index contributed by atoms with van der Waals surface area (Å²) in [6.07, 6.45) is 0.307. The van der Waals surface area contributed by atoms with Gasteiger partial charge in [0, 0.05) is 13.6 Å². The first kappa shape index (κ1) is 21.0. The second kappa shape index (κ2) is 10.1. The first-order valence-electron chi connectivity index (χ1n) is 8.37. The molecule has 1 amide bonds. The Kier molecular flexibility index (Phi) is 7.57. The van der Waals surface area contributed by atoms with Crippen molar-refractivity contribution in [1.29, 1.82) is 5.26 Å². The second-order valence-corrected chi connectivity index (χ2v) is 5.88. The molecule has 0 unspecified atom stereocenters. The Bertz CT molecular complexity index is 835. The van der Waals surface area contributed by atoms with E-state index in [1.54, 1.807) is 37.4 Å². The lowest BCUT2D eigenvalue weighted by Gasteiger charge is -2.19. The first-order chi connectivity index (χ1) is 13.4. The number of carbonyl (C=O) groups is 1. The van der Waals surface area contributed by atoms with Crippen LogP contribution in [0.2, 0.25) is 0 Å². The number of ether oxygens (including phenoxy) is 3. The summed E-state index contributed by atoms with van der Waals surface area (Å²) in [7, 11) is 2.94. The van der Waals surface area contributed by atoms with Crippen molar-refractivity contribution in [2.24, 2.45) is 0 Å². The van der Waals surface area contributed by atoms with Crippen LogP contribution in [0.4, 0.5) is 8.78 Å². The minimum atomic E-state index is -2.98. The molecule has 0 bridgehead atoms. The van der Waals surface area contributed by atoms with Crippen molar-refractivity contribution in [3.63, 3.8) is 0 Å². The molecule has 8 heteroatoms. The largest absolute Gasteiger partial charge is 0.493 e. The number of rotatable bonds is 9. The molecule has 148 valence electrons. The van der Waals surface area contributed by atoms with Gasteiger partial charge in [-0.1, -0.05) is 18.2 Å². The standard InChI is InChI=1S/C20H20F2N2O4/c1-24(12-15-5-8-17(26-2)18(11-15)28-20(21)22)19(25)13-27-16-6-3-14(4-7-16)9-10-23/h3-8,11,20H,9,12-13H2,1-2H3. The third-order valence-electron chi connectivity index (χ3n) is 3.86. The van der Waals surface area contributed by atoms with Crippen molar-refractivity contribution in [2.75, 3.05) is 20.8 Å². The summed E-state index contributed by atoms with van der Waals surface area (Å²) in [5, 5.41) is 8.65. The molecular weight excluding hydrogens is 370 g/mol. The van der Waals surface area contributed by atoms with Gasteiger partial charge < -0.3 is 19.1 Å². The van der Waals surface area contributed by atoms with E-state index in [4.69, 9.17) is 14.7 Å². The Balaban J connectivity index is 1.93. The van der Waals surface area contributed by atoms with Crippen LogP contribution in [0.5, 0.6) is 17.2 Å². The number of halogens is 2. The molecule has 2 aromatic rings. The number of benzene rings is 2. The van der Waals surface area contributed by atoms with Gasteiger partial charge >= 0.3 is 6.61 Å². The highest BCUT2D eigenvalue weighted by atomic mass is 19.3. The Morgan fingerprint density at radius 1 is 1.14 bits per heavy atom. The Morgan fingerprint density at radius 2 is 1.82 bits per heavy atom. The van der Waals surface area contributed by atoms with Crippen LogP contribution in [0.25, 0.3) is 0 Å². The van der Waals surface area contributed by atoms with Crippen LogP contribution in [0, 0.1) is 11.3 Å². The zero-order chi connectivity index (χ0) is 20.5. The van der Waals surface area contributed by atoms with Crippen molar-refractivity contribution in [3.05, 3.63) is 53.6 Å². The van der Waals surface area contributed by atoms with Gasteiger partial charge in [-0.3, -0.25) is 4.79 Å². The molecule has 6 nitrogen and oxygen atoms in total. The van der Waals surface area contributed by atoms with Crippen molar-refractivity contribution < 1.29 is 27.8 Å².